The Balaban J connectivity index is 1.49. The van der Waals surface area contributed by atoms with Crippen molar-refractivity contribution in [1.82, 2.24) is 10.3 Å². The highest BCUT2D eigenvalue weighted by Gasteiger charge is 2.22. The summed E-state index contributed by atoms with van der Waals surface area (Å²) < 4.78 is 1.26. The maximum Gasteiger partial charge on any atom is 0.220 e. The molecule has 1 aliphatic rings. The van der Waals surface area contributed by atoms with Crippen LogP contribution in [0, 0.1) is 11.8 Å². The molecule has 0 unspecified atom stereocenters. The molecule has 0 spiro atoms. The van der Waals surface area contributed by atoms with Crippen molar-refractivity contribution in [2.45, 2.75) is 33.1 Å². The standard InChI is InChI=1S/C18H25N3OS/c1-13(2)11-17(22)19-12-14-7-9-21(10-8-14)18-20-15-5-3-4-6-16(15)23-18/h3-6,13-14H,7-12H2,1-2H3,(H,19,22). The molecule has 2 aromatic rings. The predicted octanol–water partition coefficient (Wildman–Crippen LogP) is 3.68. The Morgan fingerprint density at radius 2 is 2.09 bits per heavy atom. The number of carbonyl (C=O) groups is 1. The largest absolute Gasteiger partial charge is 0.356 e. The first-order valence-electron chi connectivity index (χ1n) is 8.49. The smallest absolute Gasteiger partial charge is 0.220 e. The van der Waals surface area contributed by atoms with Crippen LogP contribution in [0.15, 0.2) is 24.3 Å². The second kappa shape index (κ2) is 7.30. The van der Waals surface area contributed by atoms with Gasteiger partial charge in [0, 0.05) is 26.1 Å². The fourth-order valence-corrected chi connectivity index (χ4v) is 4.04. The molecule has 0 aliphatic carbocycles. The maximum absolute atomic E-state index is 11.8. The molecule has 0 atom stereocenters. The van der Waals surface area contributed by atoms with Gasteiger partial charge < -0.3 is 10.2 Å². The highest BCUT2D eigenvalue weighted by molar-refractivity contribution is 7.22. The summed E-state index contributed by atoms with van der Waals surface area (Å²) in [5, 5.41) is 4.22. The number of piperidine rings is 1. The van der Waals surface area contributed by atoms with Gasteiger partial charge in [0.05, 0.1) is 10.2 Å². The second-order valence-corrected chi connectivity index (χ2v) is 7.81. The third kappa shape index (κ3) is 4.22. The lowest BCUT2D eigenvalue weighted by Crippen LogP contribution is -2.38. The van der Waals surface area contributed by atoms with E-state index in [0.29, 0.717) is 18.3 Å². The summed E-state index contributed by atoms with van der Waals surface area (Å²) in [4.78, 5) is 18.9. The number of rotatable bonds is 5. The molecule has 1 aliphatic heterocycles. The molecule has 0 radical (unpaired) electrons. The van der Waals surface area contributed by atoms with E-state index < -0.39 is 0 Å². The van der Waals surface area contributed by atoms with Gasteiger partial charge in [-0.25, -0.2) is 4.98 Å². The van der Waals surface area contributed by atoms with Gasteiger partial charge in [-0.15, -0.1) is 0 Å². The SMILES string of the molecule is CC(C)CC(=O)NCC1CCN(c2nc3ccccc3s2)CC1. The molecule has 1 saturated heterocycles. The summed E-state index contributed by atoms with van der Waals surface area (Å²) in [5.41, 5.74) is 1.09. The quantitative estimate of drug-likeness (QED) is 0.909. The van der Waals surface area contributed by atoms with Gasteiger partial charge in [-0.3, -0.25) is 4.79 Å². The van der Waals surface area contributed by atoms with Crippen LogP contribution < -0.4 is 10.2 Å². The number of thiazole rings is 1. The Kier molecular flexibility index (Phi) is 5.16. The zero-order valence-electron chi connectivity index (χ0n) is 13.9. The van der Waals surface area contributed by atoms with Crippen LogP contribution in [0.25, 0.3) is 10.2 Å². The van der Waals surface area contributed by atoms with Gasteiger partial charge in [0.25, 0.3) is 0 Å². The van der Waals surface area contributed by atoms with E-state index in [1.807, 2.05) is 6.07 Å². The molecule has 5 heteroatoms. The van der Waals surface area contributed by atoms with E-state index >= 15 is 0 Å². The normalized spacial score (nSPS) is 16.2. The van der Waals surface area contributed by atoms with E-state index in [4.69, 9.17) is 4.98 Å². The third-order valence-electron chi connectivity index (χ3n) is 4.35. The van der Waals surface area contributed by atoms with Crippen LogP contribution in [-0.2, 0) is 4.79 Å². The molecule has 1 amide bonds. The lowest BCUT2D eigenvalue weighted by molar-refractivity contribution is -0.122. The molecule has 1 fully saturated rings. The number of hydrogen-bond acceptors (Lipinski definition) is 4. The van der Waals surface area contributed by atoms with Gasteiger partial charge >= 0.3 is 0 Å². The number of para-hydroxylation sites is 1. The number of carbonyl (C=O) groups excluding carboxylic acids is 1. The van der Waals surface area contributed by atoms with E-state index in [1.165, 1.54) is 4.70 Å². The van der Waals surface area contributed by atoms with Gasteiger partial charge in [-0.2, -0.15) is 0 Å². The number of nitrogens with zero attached hydrogens (tertiary/aromatic N) is 2. The Bertz CT molecular complexity index is 626. The number of benzene rings is 1. The molecular weight excluding hydrogens is 306 g/mol. The summed E-state index contributed by atoms with van der Waals surface area (Å²) in [7, 11) is 0. The highest BCUT2D eigenvalue weighted by atomic mass is 32.1. The number of aromatic nitrogens is 1. The van der Waals surface area contributed by atoms with Crippen molar-refractivity contribution in [3.05, 3.63) is 24.3 Å². The Labute approximate surface area is 141 Å². The summed E-state index contributed by atoms with van der Waals surface area (Å²) in [5.74, 6) is 1.21. The molecule has 0 saturated carbocycles. The molecule has 23 heavy (non-hydrogen) atoms. The average Bonchev–Trinajstić information content (AvgIpc) is 2.97. The van der Waals surface area contributed by atoms with Crippen molar-refractivity contribution in [1.29, 1.82) is 0 Å². The van der Waals surface area contributed by atoms with Crippen molar-refractivity contribution in [2.24, 2.45) is 11.8 Å². The summed E-state index contributed by atoms with van der Waals surface area (Å²) >= 11 is 1.78. The van der Waals surface area contributed by atoms with Gasteiger partial charge in [0.1, 0.15) is 0 Å². The maximum atomic E-state index is 11.8. The van der Waals surface area contributed by atoms with Crippen LogP contribution in [0.2, 0.25) is 0 Å². The molecule has 1 aromatic heterocycles. The first-order chi connectivity index (χ1) is 11.1. The Morgan fingerprint density at radius 1 is 1.35 bits per heavy atom. The van der Waals surface area contributed by atoms with Gasteiger partial charge in [0.15, 0.2) is 5.13 Å². The van der Waals surface area contributed by atoms with Gasteiger partial charge in [-0.1, -0.05) is 37.3 Å². The first kappa shape index (κ1) is 16.2. The zero-order valence-corrected chi connectivity index (χ0v) is 14.7. The summed E-state index contributed by atoms with van der Waals surface area (Å²) in [6, 6.07) is 8.31. The van der Waals surface area contributed by atoms with E-state index in [1.54, 1.807) is 11.3 Å². The number of nitrogens with one attached hydrogen (secondary N) is 1. The fourth-order valence-electron chi connectivity index (χ4n) is 3.02. The van der Waals surface area contributed by atoms with E-state index in [2.05, 4.69) is 42.3 Å². The van der Waals surface area contributed by atoms with E-state index in [0.717, 1.165) is 43.1 Å². The first-order valence-corrected chi connectivity index (χ1v) is 9.30. The minimum Gasteiger partial charge on any atom is -0.356 e. The van der Waals surface area contributed by atoms with Crippen LogP contribution in [-0.4, -0.2) is 30.5 Å². The van der Waals surface area contributed by atoms with Crippen LogP contribution >= 0.6 is 11.3 Å². The fraction of sp³-hybridized carbons (Fsp3) is 0.556. The zero-order chi connectivity index (χ0) is 16.2. The van der Waals surface area contributed by atoms with Crippen molar-refractivity contribution in [3.63, 3.8) is 0 Å². The van der Waals surface area contributed by atoms with Crippen LogP contribution in [0.3, 0.4) is 0 Å². The Morgan fingerprint density at radius 3 is 2.78 bits per heavy atom. The average molecular weight is 331 g/mol. The predicted molar refractivity (Wildman–Crippen MR) is 97.0 cm³/mol. The minimum absolute atomic E-state index is 0.189. The number of hydrogen-bond donors (Lipinski definition) is 1. The number of amides is 1. The lowest BCUT2D eigenvalue weighted by Gasteiger charge is -2.31. The van der Waals surface area contributed by atoms with Crippen LogP contribution in [0.1, 0.15) is 33.1 Å². The second-order valence-electron chi connectivity index (χ2n) is 6.80. The molecular formula is C18H25N3OS. The van der Waals surface area contributed by atoms with E-state index in [-0.39, 0.29) is 5.91 Å². The number of fused-ring (bicyclic) bond motifs is 1. The molecule has 1 aromatic carbocycles. The molecule has 2 heterocycles. The molecule has 1 N–H and O–H groups in total. The monoisotopic (exact) mass is 331 g/mol. The van der Waals surface area contributed by atoms with Gasteiger partial charge in [-0.05, 0) is 36.8 Å². The Hall–Kier alpha value is -1.62. The molecule has 4 nitrogen and oxygen atoms in total. The van der Waals surface area contributed by atoms with E-state index in [9.17, 15) is 4.79 Å². The summed E-state index contributed by atoms with van der Waals surface area (Å²) in [6.07, 6.45) is 2.88. The van der Waals surface area contributed by atoms with Crippen molar-refractivity contribution in [3.8, 4) is 0 Å². The summed E-state index contributed by atoms with van der Waals surface area (Å²) in [6.45, 7) is 7.04. The van der Waals surface area contributed by atoms with Crippen molar-refractivity contribution < 1.29 is 4.79 Å². The topological polar surface area (TPSA) is 45.2 Å². The van der Waals surface area contributed by atoms with Gasteiger partial charge in [0.2, 0.25) is 5.91 Å². The van der Waals surface area contributed by atoms with Crippen molar-refractivity contribution in [2.75, 3.05) is 24.5 Å². The van der Waals surface area contributed by atoms with Crippen molar-refractivity contribution >= 4 is 32.6 Å². The number of anilines is 1. The third-order valence-corrected chi connectivity index (χ3v) is 5.45. The van der Waals surface area contributed by atoms with Crippen LogP contribution in [0.5, 0.6) is 0 Å². The minimum atomic E-state index is 0.189. The highest BCUT2D eigenvalue weighted by Crippen LogP contribution is 2.31. The van der Waals surface area contributed by atoms with Crippen LogP contribution in [0.4, 0.5) is 5.13 Å². The molecule has 3 rings (SSSR count). The molecule has 0 bridgehead atoms. The molecule has 124 valence electrons. The lowest BCUT2D eigenvalue weighted by atomic mass is 9.97.